The molecule has 0 aliphatic carbocycles. The van der Waals surface area contributed by atoms with Crippen molar-refractivity contribution >= 4 is 32.4 Å². The third-order valence-electron chi connectivity index (χ3n) is 6.00. The van der Waals surface area contributed by atoms with Crippen LogP contribution in [0.2, 0.25) is 0 Å². The topological polar surface area (TPSA) is 102 Å². The van der Waals surface area contributed by atoms with Gasteiger partial charge in [0.15, 0.2) is 5.78 Å². The number of Topliss-reactive ketones (excluding diaryl/α,β-unsaturated/α-hetero) is 1. The van der Waals surface area contributed by atoms with Gasteiger partial charge in [0.25, 0.3) is 0 Å². The summed E-state index contributed by atoms with van der Waals surface area (Å²) in [6.07, 6.45) is -1.09. The minimum Gasteiger partial charge on any atom is -0.341 e. The monoisotopic (exact) mass is 508 g/mol. The lowest BCUT2D eigenvalue weighted by atomic mass is 10.0. The number of nitrogens with zero attached hydrogens (tertiary/aromatic N) is 4. The van der Waals surface area contributed by atoms with Crippen LogP contribution >= 0.6 is 0 Å². The van der Waals surface area contributed by atoms with E-state index in [1.807, 2.05) is 0 Å². The molecule has 8 nitrogen and oxygen atoms in total. The number of pyridine rings is 1. The fourth-order valence-corrected chi connectivity index (χ4v) is 5.18. The van der Waals surface area contributed by atoms with Crippen molar-refractivity contribution in [2.75, 3.05) is 19.3 Å². The highest BCUT2D eigenvalue weighted by Gasteiger charge is 2.33. The molecule has 3 heterocycles. The van der Waals surface area contributed by atoms with Gasteiger partial charge in [-0.25, -0.2) is 13.4 Å². The van der Waals surface area contributed by atoms with Gasteiger partial charge in [0.05, 0.1) is 10.8 Å². The van der Waals surface area contributed by atoms with Crippen molar-refractivity contribution in [1.29, 1.82) is 0 Å². The Kier molecular flexibility index (Phi) is 6.67. The summed E-state index contributed by atoms with van der Waals surface area (Å²) in [6, 6.07) is 8.24. The summed E-state index contributed by atoms with van der Waals surface area (Å²) in [6.45, 7) is 0.723. The lowest BCUT2D eigenvalue weighted by molar-refractivity contribution is -0.141. The number of aromatic nitrogens is 3. The largest absolute Gasteiger partial charge is 0.433 e. The van der Waals surface area contributed by atoms with Gasteiger partial charge in [-0.15, -0.1) is 0 Å². The Morgan fingerprint density at radius 3 is 2.49 bits per heavy atom. The quantitative estimate of drug-likeness (QED) is 0.475. The predicted molar refractivity (Wildman–Crippen MR) is 121 cm³/mol. The van der Waals surface area contributed by atoms with E-state index in [0.29, 0.717) is 42.4 Å². The molecule has 0 saturated carbocycles. The molecule has 1 aliphatic rings. The number of hydrogen-bond acceptors (Lipinski definition) is 6. The number of piperidine rings is 1. The highest BCUT2D eigenvalue weighted by atomic mass is 32.2. The Hall–Kier alpha value is -3.28. The molecule has 12 heteroatoms. The molecular weight excluding hydrogens is 485 g/mol. The fraction of sp³-hybridized carbons (Fsp3) is 0.391. The molecule has 4 rings (SSSR count). The molecule has 0 bridgehead atoms. The second kappa shape index (κ2) is 9.40. The summed E-state index contributed by atoms with van der Waals surface area (Å²) in [5, 5.41) is 4.62. The number of fused-ring (bicyclic) bond motifs is 1. The van der Waals surface area contributed by atoms with Crippen molar-refractivity contribution in [3.8, 4) is 0 Å². The Bertz CT molecular complexity index is 1380. The van der Waals surface area contributed by atoms with Crippen LogP contribution in [-0.4, -0.2) is 64.4 Å². The standard InChI is InChI=1S/C23H23F3N4O4S/c1-35(33,34)17-7-9-29(10-8-17)22(32)14-30-13-16-11-15(5-6-18(16)28-30)12-20(31)19-3-2-4-21(27-19)23(24,25)26/h2-6,11,13,17H,7-10,12,14H2,1H3. The highest BCUT2D eigenvalue weighted by Crippen LogP contribution is 2.27. The van der Waals surface area contributed by atoms with Crippen LogP contribution in [-0.2, 0) is 33.8 Å². The van der Waals surface area contributed by atoms with Crippen LogP contribution in [0.15, 0.2) is 42.6 Å². The average Bonchev–Trinajstić information content (AvgIpc) is 3.19. The van der Waals surface area contributed by atoms with Crippen molar-refractivity contribution in [1.82, 2.24) is 19.7 Å². The molecule has 1 fully saturated rings. The maximum absolute atomic E-state index is 12.9. The minimum atomic E-state index is -4.63. The van der Waals surface area contributed by atoms with Crippen LogP contribution in [0.25, 0.3) is 10.9 Å². The number of rotatable bonds is 6. The van der Waals surface area contributed by atoms with Gasteiger partial charge in [-0.3, -0.25) is 14.3 Å². The lowest BCUT2D eigenvalue weighted by Gasteiger charge is -2.31. The molecule has 0 N–H and O–H groups in total. The summed E-state index contributed by atoms with van der Waals surface area (Å²) in [4.78, 5) is 30.2. The van der Waals surface area contributed by atoms with Crippen molar-refractivity contribution < 1.29 is 31.2 Å². The number of alkyl halides is 3. The first-order valence-electron chi connectivity index (χ1n) is 10.9. The van der Waals surface area contributed by atoms with Crippen molar-refractivity contribution in [3.05, 3.63) is 59.5 Å². The zero-order valence-electron chi connectivity index (χ0n) is 18.8. The number of hydrogen-bond donors (Lipinski definition) is 0. The minimum absolute atomic E-state index is 0.0133. The van der Waals surface area contributed by atoms with Crippen LogP contribution in [0.4, 0.5) is 13.2 Å². The van der Waals surface area contributed by atoms with Crippen LogP contribution in [0, 0.1) is 0 Å². The van der Waals surface area contributed by atoms with Gasteiger partial charge in [0, 0.05) is 37.3 Å². The van der Waals surface area contributed by atoms with E-state index < -0.39 is 32.7 Å². The first-order chi connectivity index (χ1) is 16.4. The second-order valence-corrected chi connectivity index (χ2v) is 11.0. The lowest BCUT2D eigenvalue weighted by Crippen LogP contribution is -2.43. The third-order valence-corrected chi connectivity index (χ3v) is 7.69. The third kappa shape index (κ3) is 5.87. The van der Waals surface area contributed by atoms with Crippen molar-refractivity contribution in [3.63, 3.8) is 0 Å². The number of sulfone groups is 1. The van der Waals surface area contributed by atoms with E-state index in [0.717, 1.165) is 12.1 Å². The zero-order chi connectivity index (χ0) is 25.4. The Morgan fingerprint density at radius 1 is 1.11 bits per heavy atom. The zero-order valence-corrected chi connectivity index (χ0v) is 19.6. The maximum Gasteiger partial charge on any atom is 0.433 e. The number of halogens is 3. The Morgan fingerprint density at radius 2 is 1.83 bits per heavy atom. The SMILES string of the molecule is CS(=O)(=O)C1CCN(C(=O)Cn2cc3cc(CC(=O)c4cccc(C(F)(F)F)n4)ccc3n2)CC1. The molecule has 2 aromatic heterocycles. The molecule has 1 saturated heterocycles. The molecule has 0 atom stereocenters. The fourth-order valence-electron chi connectivity index (χ4n) is 4.11. The smallest absolute Gasteiger partial charge is 0.341 e. The maximum atomic E-state index is 12.9. The molecule has 1 aliphatic heterocycles. The van der Waals surface area contributed by atoms with Gasteiger partial charge >= 0.3 is 6.18 Å². The molecule has 0 spiro atoms. The van der Waals surface area contributed by atoms with Gasteiger partial charge in [0.2, 0.25) is 5.91 Å². The van der Waals surface area contributed by atoms with E-state index in [-0.39, 0.29) is 24.6 Å². The van der Waals surface area contributed by atoms with E-state index in [4.69, 9.17) is 0 Å². The first-order valence-corrected chi connectivity index (χ1v) is 12.9. The number of carbonyl (C=O) groups excluding carboxylic acids is 2. The average molecular weight is 509 g/mol. The molecule has 3 aromatic rings. The van der Waals surface area contributed by atoms with Crippen molar-refractivity contribution in [2.45, 2.75) is 37.2 Å². The number of ketones is 1. The Labute approximate surface area is 199 Å². The van der Waals surface area contributed by atoms with Gasteiger partial charge in [-0.1, -0.05) is 12.1 Å². The summed E-state index contributed by atoms with van der Waals surface area (Å²) >= 11 is 0. The van der Waals surface area contributed by atoms with Crippen LogP contribution < -0.4 is 0 Å². The predicted octanol–water partition coefficient (Wildman–Crippen LogP) is 2.91. The molecule has 186 valence electrons. The summed E-state index contributed by atoms with van der Waals surface area (Å²) in [5.41, 5.74) is -0.205. The molecule has 35 heavy (non-hydrogen) atoms. The van der Waals surface area contributed by atoms with Crippen LogP contribution in [0.5, 0.6) is 0 Å². The molecule has 1 aromatic carbocycles. The molecule has 0 radical (unpaired) electrons. The number of likely N-dealkylation sites (tertiary alicyclic amines) is 1. The molecule has 0 unspecified atom stereocenters. The van der Waals surface area contributed by atoms with E-state index >= 15 is 0 Å². The second-order valence-electron chi connectivity index (χ2n) is 8.64. The summed E-state index contributed by atoms with van der Waals surface area (Å²) < 4.78 is 63.5. The molecule has 1 amide bonds. The summed E-state index contributed by atoms with van der Waals surface area (Å²) in [5.74, 6) is -0.716. The normalized spacial score (nSPS) is 15.5. The summed E-state index contributed by atoms with van der Waals surface area (Å²) in [7, 11) is -3.12. The van der Waals surface area contributed by atoms with E-state index in [1.54, 1.807) is 29.3 Å². The van der Waals surface area contributed by atoms with Gasteiger partial charge in [-0.2, -0.15) is 18.3 Å². The van der Waals surface area contributed by atoms with Crippen molar-refractivity contribution in [2.24, 2.45) is 0 Å². The van der Waals surface area contributed by atoms with E-state index in [1.165, 1.54) is 17.0 Å². The number of amides is 1. The van der Waals surface area contributed by atoms with Crippen LogP contribution in [0.3, 0.4) is 0 Å². The Balaban J connectivity index is 1.41. The van der Waals surface area contributed by atoms with Gasteiger partial charge in [-0.05, 0) is 42.7 Å². The van der Waals surface area contributed by atoms with Crippen LogP contribution in [0.1, 0.15) is 34.6 Å². The van der Waals surface area contributed by atoms with E-state index in [9.17, 15) is 31.2 Å². The van der Waals surface area contributed by atoms with E-state index in [2.05, 4.69) is 10.1 Å². The first kappa shape index (κ1) is 24.8. The van der Waals surface area contributed by atoms with Gasteiger partial charge in [0.1, 0.15) is 27.8 Å². The number of benzene rings is 1. The molecular formula is C23H23F3N4O4S. The highest BCUT2D eigenvalue weighted by molar-refractivity contribution is 7.91. The number of carbonyl (C=O) groups is 2. The van der Waals surface area contributed by atoms with Gasteiger partial charge < -0.3 is 4.90 Å².